The molecule has 122 valence electrons. The SMILES string of the molecule is CC1(C)CCc2nc3cc(-c4ccncc4F)ccc3c(=O)n2C1. The van der Waals surface area contributed by atoms with Crippen molar-refractivity contribution in [2.75, 3.05) is 0 Å². The van der Waals surface area contributed by atoms with Crippen molar-refractivity contribution in [1.82, 2.24) is 14.5 Å². The summed E-state index contributed by atoms with van der Waals surface area (Å²) >= 11 is 0. The Bertz CT molecular complexity index is 1010. The summed E-state index contributed by atoms with van der Waals surface area (Å²) in [4.78, 5) is 21.3. The summed E-state index contributed by atoms with van der Waals surface area (Å²) < 4.78 is 15.8. The minimum Gasteiger partial charge on any atom is -0.296 e. The third kappa shape index (κ3) is 2.40. The predicted octanol–water partition coefficient (Wildman–Crippen LogP) is 3.57. The van der Waals surface area contributed by atoms with Gasteiger partial charge < -0.3 is 0 Å². The number of aromatic nitrogens is 3. The van der Waals surface area contributed by atoms with Crippen LogP contribution in [0.2, 0.25) is 0 Å². The summed E-state index contributed by atoms with van der Waals surface area (Å²) in [6, 6.07) is 6.93. The van der Waals surface area contributed by atoms with Gasteiger partial charge in [-0.3, -0.25) is 14.3 Å². The van der Waals surface area contributed by atoms with Gasteiger partial charge in [0.15, 0.2) is 0 Å². The zero-order valence-electron chi connectivity index (χ0n) is 13.7. The first kappa shape index (κ1) is 15.0. The Morgan fingerprint density at radius 2 is 2.08 bits per heavy atom. The molecule has 0 atom stereocenters. The van der Waals surface area contributed by atoms with Crippen LogP contribution in [0.3, 0.4) is 0 Å². The van der Waals surface area contributed by atoms with E-state index in [9.17, 15) is 9.18 Å². The highest BCUT2D eigenvalue weighted by atomic mass is 19.1. The van der Waals surface area contributed by atoms with Gasteiger partial charge in [0, 0.05) is 24.7 Å². The molecule has 3 heterocycles. The summed E-state index contributed by atoms with van der Waals surface area (Å²) in [5.74, 6) is 0.437. The van der Waals surface area contributed by atoms with E-state index in [0.29, 0.717) is 28.6 Å². The number of benzene rings is 1. The number of halogens is 1. The molecule has 0 spiro atoms. The smallest absolute Gasteiger partial charge is 0.261 e. The van der Waals surface area contributed by atoms with Crippen molar-refractivity contribution in [2.45, 2.75) is 33.2 Å². The molecular formula is C19H18FN3O. The van der Waals surface area contributed by atoms with Crippen LogP contribution in [-0.2, 0) is 13.0 Å². The lowest BCUT2D eigenvalue weighted by Crippen LogP contribution is -2.36. The number of pyridine rings is 1. The highest BCUT2D eigenvalue weighted by Crippen LogP contribution is 2.30. The van der Waals surface area contributed by atoms with Crippen molar-refractivity contribution < 1.29 is 4.39 Å². The molecule has 0 saturated carbocycles. The van der Waals surface area contributed by atoms with Crippen LogP contribution >= 0.6 is 0 Å². The van der Waals surface area contributed by atoms with E-state index in [0.717, 1.165) is 18.7 Å². The third-order valence-electron chi connectivity index (χ3n) is 4.73. The van der Waals surface area contributed by atoms with Crippen molar-refractivity contribution in [3.63, 3.8) is 0 Å². The van der Waals surface area contributed by atoms with Crippen LogP contribution in [0, 0.1) is 11.2 Å². The first-order valence-electron chi connectivity index (χ1n) is 8.08. The van der Waals surface area contributed by atoms with Gasteiger partial charge in [0.2, 0.25) is 0 Å². The average Bonchev–Trinajstić information content (AvgIpc) is 2.55. The lowest BCUT2D eigenvalue weighted by molar-refractivity contribution is 0.240. The van der Waals surface area contributed by atoms with Crippen molar-refractivity contribution >= 4 is 10.9 Å². The van der Waals surface area contributed by atoms with E-state index in [1.165, 1.54) is 6.20 Å². The highest BCUT2D eigenvalue weighted by Gasteiger charge is 2.27. The monoisotopic (exact) mass is 323 g/mol. The molecule has 5 heteroatoms. The Morgan fingerprint density at radius 3 is 2.88 bits per heavy atom. The number of hydrogen-bond acceptors (Lipinski definition) is 3. The van der Waals surface area contributed by atoms with Gasteiger partial charge in [0.1, 0.15) is 11.6 Å². The third-order valence-corrected chi connectivity index (χ3v) is 4.73. The zero-order chi connectivity index (χ0) is 16.9. The van der Waals surface area contributed by atoms with Gasteiger partial charge in [-0.05, 0) is 35.6 Å². The van der Waals surface area contributed by atoms with Crippen molar-refractivity contribution in [3.8, 4) is 11.1 Å². The van der Waals surface area contributed by atoms with Gasteiger partial charge in [-0.25, -0.2) is 9.37 Å². The Balaban J connectivity index is 1.91. The van der Waals surface area contributed by atoms with E-state index in [2.05, 4.69) is 23.8 Å². The van der Waals surface area contributed by atoms with Gasteiger partial charge in [-0.2, -0.15) is 0 Å². The van der Waals surface area contributed by atoms with E-state index in [1.807, 2.05) is 0 Å². The van der Waals surface area contributed by atoms with Crippen LogP contribution in [0.5, 0.6) is 0 Å². The molecule has 1 aliphatic heterocycles. The quantitative estimate of drug-likeness (QED) is 0.688. The van der Waals surface area contributed by atoms with E-state index >= 15 is 0 Å². The van der Waals surface area contributed by atoms with Gasteiger partial charge >= 0.3 is 0 Å². The number of rotatable bonds is 1. The van der Waals surface area contributed by atoms with E-state index < -0.39 is 0 Å². The Kier molecular flexibility index (Phi) is 3.27. The molecule has 0 saturated heterocycles. The Labute approximate surface area is 139 Å². The van der Waals surface area contributed by atoms with Gasteiger partial charge in [-0.1, -0.05) is 19.9 Å². The normalized spacial score (nSPS) is 16.1. The molecule has 0 radical (unpaired) electrons. The van der Waals surface area contributed by atoms with Crippen LogP contribution in [0.15, 0.2) is 41.5 Å². The first-order chi connectivity index (χ1) is 11.4. The van der Waals surface area contributed by atoms with E-state index in [1.54, 1.807) is 35.0 Å². The zero-order valence-corrected chi connectivity index (χ0v) is 13.7. The summed E-state index contributed by atoms with van der Waals surface area (Å²) in [5.41, 5.74) is 1.89. The highest BCUT2D eigenvalue weighted by molar-refractivity contribution is 5.83. The van der Waals surface area contributed by atoms with Gasteiger partial charge in [-0.15, -0.1) is 0 Å². The number of fused-ring (bicyclic) bond motifs is 2. The number of hydrogen-bond donors (Lipinski definition) is 0. The van der Waals surface area contributed by atoms with Crippen LogP contribution < -0.4 is 5.56 Å². The van der Waals surface area contributed by atoms with Crippen LogP contribution in [-0.4, -0.2) is 14.5 Å². The van der Waals surface area contributed by atoms with Crippen molar-refractivity contribution in [3.05, 3.63) is 58.7 Å². The second kappa shape index (κ2) is 5.23. The number of nitrogens with zero attached hydrogens (tertiary/aromatic N) is 3. The molecule has 24 heavy (non-hydrogen) atoms. The largest absolute Gasteiger partial charge is 0.296 e. The molecule has 0 unspecified atom stereocenters. The molecule has 1 aliphatic rings. The van der Waals surface area contributed by atoms with Crippen LogP contribution in [0.1, 0.15) is 26.1 Å². The Morgan fingerprint density at radius 1 is 1.25 bits per heavy atom. The van der Waals surface area contributed by atoms with Gasteiger partial charge in [0.25, 0.3) is 5.56 Å². The van der Waals surface area contributed by atoms with Crippen molar-refractivity contribution in [2.24, 2.45) is 5.41 Å². The summed E-state index contributed by atoms with van der Waals surface area (Å²) in [6.45, 7) is 5.02. The maximum Gasteiger partial charge on any atom is 0.261 e. The standard InChI is InChI=1S/C19H18FN3O/c1-19(2)7-5-17-22-16-9-12(13-6-8-21-10-15(13)20)3-4-14(16)18(24)23(17)11-19/h3-4,6,8-10H,5,7,11H2,1-2H3. The number of aryl methyl sites for hydroxylation is 1. The molecule has 1 aromatic carbocycles. The summed E-state index contributed by atoms with van der Waals surface area (Å²) in [6.07, 6.45) is 4.53. The average molecular weight is 323 g/mol. The molecule has 3 aromatic rings. The maximum absolute atomic E-state index is 14.0. The Hall–Kier alpha value is -2.56. The van der Waals surface area contributed by atoms with Crippen LogP contribution in [0.25, 0.3) is 22.0 Å². The molecule has 2 aromatic heterocycles. The minimum absolute atomic E-state index is 0.00970. The first-order valence-corrected chi connectivity index (χ1v) is 8.08. The molecular weight excluding hydrogens is 305 g/mol. The van der Waals surface area contributed by atoms with Crippen LogP contribution in [0.4, 0.5) is 4.39 Å². The lowest BCUT2D eigenvalue weighted by atomic mass is 9.85. The minimum atomic E-state index is -0.381. The lowest BCUT2D eigenvalue weighted by Gasteiger charge is -2.31. The molecule has 0 N–H and O–H groups in total. The molecule has 0 bridgehead atoms. The summed E-state index contributed by atoms with van der Waals surface area (Å²) in [5, 5.41) is 0.578. The van der Waals surface area contributed by atoms with E-state index in [4.69, 9.17) is 0 Å². The second-order valence-corrected chi connectivity index (χ2v) is 7.17. The van der Waals surface area contributed by atoms with Crippen molar-refractivity contribution in [1.29, 1.82) is 0 Å². The maximum atomic E-state index is 14.0. The van der Waals surface area contributed by atoms with E-state index in [-0.39, 0.29) is 16.8 Å². The predicted molar refractivity (Wildman–Crippen MR) is 91.3 cm³/mol. The molecule has 0 fully saturated rings. The van der Waals surface area contributed by atoms with Gasteiger partial charge in [0.05, 0.1) is 17.1 Å². The molecule has 0 amide bonds. The summed E-state index contributed by atoms with van der Waals surface area (Å²) in [7, 11) is 0. The topological polar surface area (TPSA) is 47.8 Å². The molecule has 4 nitrogen and oxygen atoms in total. The molecule has 4 rings (SSSR count). The fraction of sp³-hybridized carbons (Fsp3) is 0.316. The molecule has 0 aliphatic carbocycles. The fourth-order valence-electron chi connectivity index (χ4n) is 3.36. The fourth-order valence-corrected chi connectivity index (χ4v) is 3.36. The second-order valence-electron chi connectivity index (χ2n) is 7.17.